The molecule has 0 N–H and O–H groups in total. The Bertz CT molecular complexity index is 726. The number of ether oxygens (including phenoxy) is 1. The summed E-state index contributed by atoms with van der Waals surface area (Å²) in [5.74, 6) is -0.630. The fourth-order valence-electron chi connectivity index (χ4n) is 3.12. The maximum atomic E-state index is 13.0. The Morgan fingerprint density at radius 1 is 1.29 bits per heavy atom. The van der Waals surface area contributed by atoms with Gasteiger partial charge in [0.15, 0.2) is 5.65 Å². The van der Waals surface area contributed by atoms with Crippen LogP contribution in [0.15, 0.2) is 18.3 Å². The summed E-state index contributed by atoms with van der Waals surface area (Å²) < 4.78 is 32.6. The van der Waals surface area contributed by atoms with Gasteiger partial charge in [0.2, 0.25) is 5.82 Å². The minimum Gasteiger partial charge on any atom is -0.381 e. The number of hydrogen-bond acceptors (Lipinski definition) is 4. The average molecular weight is 338 g/mol. The lowest BCUT2D eigenvalue weighted by Crippen LogP contribution is -2.47. The van der Waals surface area contributed by atoms with E-state index >= 15 is 0 Å². The number of halogens is 2. The van der Waals surface area contributed by atoms with Crippen LogP contribution >= 0.6 is 0 Å². The number of nitrogens with zero attached hydrogens (tertiary/aromatic N) is 4. The lowest BCUT2D eigenvalue weighted by atomic mass is 10.0. The molecule has 0 bridgehead atoms. The van der Waals surface area contributed by atoms with Crippen molar-refractivity contribution < 1.29 is 18.3 Å². The first-order valence-electron chi connectivity index (χ1n) is 8.02. The van der Waals surface area contributed by atoms with Gasteiger partial charge in [-0.05, 0) is 38.8 Å². The molecule has 1 fully saturated rings. The van der Waals surface area contributed by atoms with Crippen molar-refractivity contribution in [2.45, 2.75) is 45.2 Å². The van der Waals surface area contributed by atoms with Gasteiger partial charge in [0.1, 0.15) is 0 Å². The summed E-state index contributed by atoms with van der Waals surface area (Å²) in [5.41, 5.74) is 0.647. The van der Waals surface area contributed by atoms with Crippen molar-refractivity contribution in [3.8, 4) is 0 Å². The second-order valence-corrected chi connectivity index (χ2v) is 6.15. The van der Waals surface area contributed by atoms with Crippen molar-refractivity contribution in [3.05, 3.63) is 29.7 Å². The minimum atomic E-state index is -2.75. The molecule has 1 saturated heterocycles. The van der Waals surface area contributed by atoms with Crippen LogP contribution in [0.2, 0.25) is 0 Å². The Labute approximate surface area is 138 Å². The number of pyridine rings is 1. The zero-order valence-electron chi connectivity index (χ0n) is 13.7. The lowest BCUT2D eigenvalue weighted by molar-refractivity contribution is 0.0205. The van der Waals surface area contributed by atoms with Crippen molar-refractivity contribution in [1.82, 2.24) is 19.5 Å². The molecule has 6 nitrogen and oxygen atoms in total. The van der Waals surface area contributed by atoms with Gasteiger partial charge in [0, 0.05) is 31.5 Å². The van der Waals surface area contributed by atoms with Crippen LogP contribution in [0.5, 0.6) is 0 Å². The van der Waals surface area contributed by atoms with Crippen molar-refractivity contribution in [3.63, 3.8) is 0 Å². The van der Waals surface area contributed by atoms with Gasteiger partial charge < -0.3 is 9.64 Å². The van der Waals surface area contributed by atoms with Crippen LogP contribution in [0.4, 0.5) is 8.78 Å². The fourth-order valence-corrected chi connectivity index (χ4v) is 3.12. The predicted molar refractivity (Wildman–Crippen MR) is 83.1 cm³/mol. The second kappa shape index (κ2) is 6.80. The minimum absolute atomic E-state index is 0.00628. The first kappa shape index (κ1) is 16.8. The van der Waals surface area contributed by atoms with Crippen LogP contribution in [-0.2, 0) is 4.74 Å². The van der Waals surface area contributed by atoms with E-state index in [0.717, 1.165) is 12.8 Å². The number of fused-ring (bicyclic) bond motifs is 1. The molecule has 2 aromatic rings. The van der Waals surface area contributed by atoms with Gasteiger partial charge in [-0.1, -0.05) is 0 Å². The molecule has 2 aromatic heterocycles. The Hall–Kier alpha value is -2.09. The summed E-state index contributed by atoms with van der Waals surface area (Å²) in [4.78, 5) is 14.8. The van der Waals surface area contributed by atoms with E-state index in [-0.39, 0.29) is 18.0 Å². The van der Waals surface area contributed by atoms with Gasteiger partial charge >= 0.3 is 0 Å². The Kier molecular flexibility index (Phi) is 4.75. The molecule has 3 heterocycles. The molecule has 8 heteroatoms. The first-order valence-corrected chi connectivity index (χ1v) is 8.02. The highest BCUT2D eigenvalue weighted by atomic mass is 19.3. The van der Waals surface area contributed by atoms with E-state index in [1.165, 1.54) is 16.7 Å². The molecule has 1 aliphatic rings. The lowest BCUT2D eigenvalue weighted by Gasteiger charge is -2.37. The topological polar surface area (TPSA) is 59.7 Å². The molecule has 0 unspecified atom stereocenters. The Morgan fingerprint density at radius 3 is 2.62 bits per heavy atom. The SMILES string of the molecule is CC(C)N(C(=O)c1ccc2nnc(C(F)F)n2c1)C1CCOCC1. The summed E-state index contributed by atoms with van der Waals surface area (Å²) >= 11 is 0. The number of aromatic nitrogens is 3. The fraction of sp³-hybridized carbons (Fsp3) is 0.562. The number of amides is 1. The van der Waals surface area contributed by atoms with Crippen LogP contribution in [-0.4, -0.2) is 50.7 Å². The monoisotopic (exact) mass is 338 g/mol. The third kappa shape index (κ3) is 3.10. The summed E-state index contributed by atoms with van der Waals surface area (Å²) in [7, 11) is 0. The molecule has 0 radical (unpaired) electrons. The summed E-state index contributed by atoms with van der Waals surface area (Å²) in [5, 5.41) is 7.19. The molecule has 0 atom stereocenters. The van der Waals surface area contributed by atoms with Crippen LogP contribution < -0.4 is 0 Å². The molecule has 3 rings (SSSR count). The quantitative estimate of drug-likeness (QED) is 0.860. The summed E-state index contributed by atoms with van der Waals surface area (Å²) in [6.07, 6.45) is 0.206. The number of carbonyl (C=O) groups is 1. The van der Waals surface area contributed by atoms with E-state index in [4.69, 9.17) is 4.74 Å². The zero-order chi connectivity index (χ0) is 17.3. The molecule has 0 spiro atoms. The van der Waals surface area contributed by atoms with Crippen LogP contribution in [0.1, 0.15) is 49.3 Å². The van der Waals surface area contributed by atoms with E-state index in [1.54, 1.807) is 6.07 Å². The number of carbonyl (C=O) groups excluding carboxylic acids is 1. The van der Waals surface area contributed by atoms with Gasteiger partial charge in [-0.15, -0.1) is 10.2 Å². The Morgan fingerprint density at radius 2 is 2.00 bits per heavy atom. The highest BCUT2D eigenvalue weighted by Crippen LogP contribution is 2.22. The molecule has 24 heavy (non-hydrogen) atoms. The average Bonchev–Trinajstić information content (AvgIpc) is 2.98. The summed E-state index contributed by atoms with van der Waals surface area (Å²) in [6, 6.07) is 3.24. The molecule has 1 amide bonds. The second-order valence-electron chi connectivity index (χ2n) is 6.15. The third-order valence-corrected chi connectivity index (χ3v) is 4.25. The number of rotatable bonds is 4. The maximum absolute atomic E-state index is 13.0. The van der Waals surface area contributed by atoms with Crippen molar-refractivity contribution in [2.24, 2.45) is 0 Å². The van der Waals surface area contributed by atoms with Crippen LogP contribution in [0, 0.1) is 0 Å². The van der Waals surface area contributed by atoms with Gasteiger partial charge in [-0.25, -0.2) is 8.78 Å². The molecule has 0 aromatic carbocycles. The van der Waals surface area contributed by atoms with Gasteiger partial charge in [-0.2, -0.15) is 0 Å². The van der Waals surface area contributed by atoms with Crippen molar-refractivity contribution in [1.29, 1.82) is 0 Å². The Balaban J connectivity index is 1.94. The number of alkyl halides is 2. The third-order valence-electron chi connectivity index (χ3n) is 4.25. The molecule has 1 aliphatic heterocycles. The van der Waals surface area contributed by atoms with Gasteiger partial charge in [0.05, 0.1) is 5.56 Å². The summed E-state index contributed by atoms with van der Waals surface area (Å²) in [6.45, 7) is 5.16. The normalized spacial score (nSPS) is 16.2. The largest absolute Gasteiger partial charge is 0.381 e. The van der Waals surface area contributed by atoms with E-state index < -0.39 is 12.2 Å². The predicted octanol–water partition coefficient (Wildman–Crippen LogP) is 2.70. The van der Waals surface area contributed by atoms with Crippen molar-refractivity contribution >= 4 is 11.6 Å². The van der Waals surface area contributed by atoms with Crippen LogP contribution in [0.25, 0.3) is 5.65 Å². The molecule has 0 aliphatic carbocycles. The number of hydrogen-bond donors (Lipinski definition) is 0. The van der Waals surface area contributed by atoms with Gasteiger partial charge in [-0.3, -0.25) is 9.20 Å². The van der Waals surface area contributed by atoms with E-state index in [0.29, 0.717) is 24.4 Å². The molecule has 130 valence electrons. The van der Waals surface area contributed by atoms with E-state index in [1.807, 2.05) is 18.7 Å². The first-order chi connectivity index (χ1) is 11.5. The highest BCUT2D eigenvalue weighted by Gasteiger charge is 2.29. The van der Waals surface area contributed by atoms with Crippen LogP contribution in [0.3, 0.4) is 0 Å². The maximum Gasteiger partial charge on any atom is 0.297 e. The van der Waals surface area contributed by atoms with E-state index in [2.05, 4.69) is 10.2 Å². The molecular formula is C16H20F2N4O2. The zero-order valence-corrected chi connectivity index (χ0v) is 13.7. The molecule has 0 saturated carbocycles. The smallest absolute Gasteiger partial charge is 0.297 e. The van der Waals surface area contributed by atoms with Crippen molar-refractivity contribution in [2.75, 3.05) is 13.2 Å². The van der Waals surface area contributed by atoms with Gasteiger partial charge in [0.25, 0.3) is 12.3 Å². The highest BCUT2D eigenvalue weighted by molar-refractivity contribution is 5.94. The van der Waals surface area contributed by atoms with E-state index in [9.17, 15) is 13.6 Å². The molecular weight excluding hydrogens is 318 g/mol. The standard InChI is InChI=1S/C16H20F2N4O2/c1-10(2)22(12-5-7-24-8-6-12)16(23)11-3-4-13-19-20-15(14(17)18)21(13)9-11/h3-4,9-10,12,14H,5-8H2,1-2H3.